The van der Waals surface area contributed by atoms with E-state index in [0.717, 1.165) is 39.8 Å². The summed E-state index contributed by atoms with van der Waals surface area (Å²) in [5.74, 6) is 0.954. The van der Waals surface area contributed by atoms with Gasteiger partial charge in [0, 0.05) is 75.2 Å². The average Bonchev–Trinajstić information content (AvgIpc) is 1.51. The fraction of sp³-hybridized carbons (Fsp3) is 0.111. The maximum absolute atomic E-state index is 4.37. The minimum atomic E-state index is -0.322. The molecule has 12 aromatic carbocycles. The molecule has 15 aromatic rings. The fourth-order valence-electron chi connectivity index (χ4n) is 15.1. The Bertz CT molecular complexity index is 5410. The molecule has 0 bridgehead atoms. The van der Waals surface area contributed by atoms with Crippen molar-refractivity contribution < 1.29 is 40.2 Å². The molecular weight excluding hydrogens is 1590 g/mol. The Morgan fingerprint density at radius 1 is 0.416 bits per heavy atom. The van der Waals surface area contributed by atoms with Crippen molar-refractivity contribution in [1.29, 1.82) is 0 Å². The molecule has 2 aliphatic heterocycles. The molecule has 19 rings (SSSR count). The Kier molecular flexibility index (Phi) is 18.6. The second-order valence-corrected chi connectivity index (χ2v) is 26.7. The van der Waals surface area contributed by atoms with Crippen molar-refractivity contribution in [2.75, 3.05) is 33.7 Å². The topological polar surface area (TPSA) is 53.5 Å². The molecule has 4 aliphatic rings. The van der Waals surface area contributed by atoms with Crippen LogP contribution in [0.3, 0.4) is 0 Å². The molecule has 0 atom stereocenters. The number of hydrogen-bond acceptors (Lipinski definition) is 6. The number of para-hydroxylation sites is 6. The van der Waals surface area contributed by atoms with Crippen LogP contribution in [0.2, 0.25) is 0 Å². The maximum Gasteiger partial charge on any atom is 3.00 e. The van der Waals surface area contributed by atoms with Gasteiger partial charge in [-0.25, -0.2) is 0 Å². The Labute approximate surface area is 620 Å². The number of aromatic nitrogens is 5. The van der Waals surface area contributed by atoms with E-state index in [4.69, 9.17) is 0 Å². The zero-order valence-corrected chi connectivity index (χ0v) is 62.3. The van der Waals surface area contributed by atoms with Crippen molar-refractivity contribution in [3.05, 3.63) is 357 Å². The van der Waals surface area contributed by atoms with Crippen LogP contribution in [0, 0.1) is 51.5 Å². The summed E-state index contributed by atoms with van der Waals surface area (Å²) >= 11 is 0. The molecule has 2 aliphatic carbocycles. The second-order valence-electron chi connectivity index (χ2n) is 26.7. The van der Waals surface area contributed by atoms with Crippen LogP contribution in [0.1, 0.15) is 54.4 Å². The number of fused-ring (bicyclic) bond motifs is 15. The minimum Gasteiger partial charge on any atom is -0.504 e. The number of benzene rings is 12. The Morgan fingerprint density at radius 2 is 0.901 bits per heavy atom. The van der Waals surface area contributed by atoms with Gasteiger partial charge >= 0.3 is 40.2 Å². The van der Waals surface area contributed by atoms with Gasteiger partial charge in [-0.3, -0.25) is 9.67 Å². The van der Waals surface area contributed by atoms with E-state index >= 15 is 0 Å². The van der Waals surface area contributed by atoms with E-state index in [0.29, 0.717) is 0 Å². The summed E-state index contributed by atoms with van der Waals surface area (Å²) in [6.45, 7) is 15.1. The van der Waals surface area contributed by atoms with E-state index in [-0.39, 0.29) is 51.2 Å². The van der Waals surface area contributed by atoms with Gasteiger partial charge in [-0.15, -0.1) is 76.6 Å². The van der Waals surface area contributed by atoms with Gasteiger partial charge in [-0.05, 0) is 141 Å². The minimum absolute atomic E-state index is 0. The van der Waals surface area contributed by atoms with Gasteiger partial charge in [0.25, 0.3) is 0 Å². The summed E-state index contributed by atoms with van der Waals surface area (Å²) in [5.41, 5.74) is 28.8. The van der Waals surface area contributed by atoms with Crippen molar-refractivity contribution in [2.24, 2.45) is 7.05 Å². The summed E-state index contributed by atoms with van der Waals surface area (Å²) in [4.78, 5) is 12.9. The molecule has 0 unspecified atom stereocenters. The number of imidazole rings is 1. The first-order valence-corrected chi connectivity index (χ1v) is 33.7. The summed E-state index contributed by atoms with van der Waals surface area (Å²) in [6, 6.07) is 111. The van der Waals surface area contributed by atoms with Crippen molar-refractivity contribution in [1.82, 2.24) is 23.9 Å². The molecule has 3 aromatic heterocycles. The third-order valence-electron chi connectivity index (χ3n) is 19.4. The van der Waals surface area contributed by atoms with Crippen LogP contribution in [0.5, 0.6) is 0 Å². The van der Waals surface area contributed by atoms with Gasteiger partial charge in [0.2, 0.25) is 0 Å². The van der Waals surface area contributed by atoms with Gasteiger partial charge in [0.1, 0.15) is 0 Å². The Morgan fingerprint density at radius 3 is 1.41 bits per heavy atom. The molecule has 0 radical (unpaired) electrons. The number of aryl methyl sites for hydroxylation is 3. The molecule has 0 fully saturated rings. The van der Waals surface area contributed by atoms with E-state index in [1.807, 2.05) is 84.9 Å². The van der Waals surface area contributed by atoms with Crippen LogP contribution in [0.25, 0.3) is 83.4 Å². The van der Waals surface area contributed by atoms with E-state index in [2.05, 4.69) is 331 Å². The third kappa shape index (κ3) is 12.1. The van der Waals surface area contributed by atoms with Crippen molar-refractivity contribution in [2.45, 2.75) is 45.6 Å². The number of anilines is 6. The van der Waals surface area contributed by atoms with Gasteiger partial charge in [-0.2, -0.15) is 79.1 Å². The molecule has 1 spiro atoms. The second kappa shape index (κ2) is 27.8. The zero-order valence-electron chi connectivity index (χ0n) is 57.5. The van der Waals surface area contributed by atoms with Crippen molar-refractivity contribution >= 4 is 55.9 Å². The number of nitrogens with zero attached hydrogens (tertiary/aromatic N) is 9. The summed E-state index contributed by atoms with van der Waals surface area (Å²) < 4.78 is 6.34. The summed E-state index contributed by atoms with van der Waals surface area (Å²) in [6.07, 6.45) is 3.71. The standard InChI is InChI=1S/C39H26N2.C30H27N3.C11H11N2.C10H9N2.2Ir/c1-40-25-41(38-17-9-8-16-37(38)40)28-21-18-26(19-22-28)27-20-23-32-31-12-4-7-15-35(31)39(36(32)24-27)33-13-5-2-10-29(33)30-11-3-6-14-34(30)39;1-30(2,3)33-26-10-6-5-9-24(26)25-18-15-22(19-29(25)33)21-13-16-23(17-14-21)32-20-31(4)27-11-7-8-12-28(27)32;1-9-8-10(2)13(12-9)11-6-4-3-5-7-11;1-12-8-7-11-10(12)9-5-3-2-4-6-9;;/h2-21,23-25H,1H3;5-16,18-20H,1-4H3;3-6,8H,1-2H3;2-5,7-8H,1H3;;/q2*-2;2*-1;2*+3. The molecule has 0 saturated carbocycles. The molecule has 101 heavy (non-hydrogen) atoms. The number of hydrogen-bond donors (Lipinski definition) is 0. The summed E-state index contributed by atoms with van der Waals surface area (Å²) in [7, 11) is 6.14. The first-order chi connectivity index (χ1) is 48.3. The molecule has 0 amide bonds. The van der Waals surface area contributed by atoms with E-state index < -0.39 is 0 Å². The van der Waals surface area contributed by atoms with Gasteiger partial charge < -0.3 is 28.7 Å². The molecule has 9 nitrogen and oxygen atoms in total. The van der Waals surface area contributed by atoms with Crippen LogP contribution >= 0.6 is 0 Å². The average molecular weight is 1670 g/mol. The largest absolute Gasteiger partial charge is 3.00 e. The SMILES string of the molecule is CN1[CH-]N(c2[c-]cc(-c3ccc4c(c3)C3(c5ccccc5-c5ccccc53)c3ccccc3-4)cc2)c2ccccc21.CN1[CH-]N(c2[c-]cc(-c3ccc4c5ccccc5n(C(C)(C)C)c4c3)cc2)c2ccccc21.Cc1cc(C)n(-c2[c-]cccc2)n1.Cn1ccnc1-c1[c-]cccc1.[Ir+3].[Ir+3]. The van der Waals surface area contributed by atoms with Crippen molar-refractivity contribution in [3.63, 3.8) is 0 Å². The van der Waals surface area contributed by atoms with Gasteiger partial charge in [-0.1, -0.05) is 157 Å². The van der Waals surface area contributed by atoms with Crippen LogP contribution in [0.4, 0.5) is 34.1 Å². The normalized spacial score (nSPS) is 13.1. The third-order valence-corrected chi connectivity index (χ3v) is 19.4. The van der Waals surface area contributed by atoms with E-state index in [1.165, 1.54) is 111 Å². The van der Waals surface area contributed by atoms with Gasteiger partial charge in [0.05, 0.1) is 16.9 Å². The molecule has 496 valence electrons. The fourth-order valence-corrected chi connectivity index (χ4v) is 15.1. The number of rotatable bonds is 6. The van der Waals surface area contributed by atoms with Crippen LogP contribution in [0.15, 0.2) is 285 Å². The van der Waals surface area contributed by atoms with Crippen LogP contribution < -0.4 is 19.6 Å². The Balaban J connectivity index is 0.000000128. The van der Waals surface area contributed by atoms with Crippen molar-refractivity contribution in [3.8, 4) is 61.6 Å². The monoisotopic (exact) mass is 1670 g/mol. The molecule has 11 heteroatoms. The molecular formula is C90H73Ir2N9. The van der Waals surface area contributed by atoms with E-state index in [1.54, 1.807) is 6.20 Å². The predicted octanol–water partition coefficient (Wildman–Crippen LogP) is 21.1. The predicted molar refractivity (Wildman–Crippen MR) is 408 cm³/mol. The first-order valence-electron chi connectivity index (χ1n) is 33.7. The zero-order chi connectivity index (χ0) is 67.5. The molecule has 0 saturated heterocycles. The molecule has 5 heterocycles. The smallest absolute Gasteiger partial charge is 0.504 e. The maximum atomic E-state index is 4.37. The van der Waals surface area contributed by atoms with Crippen LogP contribution in [-0.4, -0.2) is 38.0 Å². The van der Waals surface area contributed by atoms with Gasteiger partial charge in [0.15, 0.2) is 0 Å². The van der Waals surface area contributed by atoms with Crippen LogP contribution in [-0.2, 0) is 58.2 Å². The molecule has 0 N–H and O–H groups in total. The quantitative estimate of drug-likeness (QED) is 0.155. The van der Waals surface area contributed by atoms with E-state index in [9.17, 15) is 0 Å². The first kappa shape index (κ1) is 67.5. The Hall–Kier alpha value is -10.6. The summed E-state index contributed by atoms with van der Waals surface area (Å²) in [5, 5.41) is 6.98.